The molecule has 3 rings (SSSR count). The minimum atomic E-state index is -0.0909. The third kappa shape index (κ3) is 5.95. The van der Waals surface area contributed by atoms with E-state index in [-0.39, 0.29) is 23.2 Å². The summed E-state index contributed by atoms with van der Waals surface area (Å²) in [6, 6.07) is 6.31. The second-order valence-electron chi connectivity index (χ2n) is 9.42. The predicted octanol–water partition coefficient (Wildman–Crippen LogP) is 3.23. The second-order valence-corrected chi connectivity index (χ2v) is 9.42. The van der Waals surface area contributed by atoms with Gasteiger partial charge in [0.05, 0.1) is 19.6 Å². The van der Waals surface area contributed by atoms with Gasteiger partial charge in [0.1, 0.15) is 12.4 Å². The number of hydrogen-bond donors (Lipinski definition) is 0. The fraction of sp³-hybridized carbons (Fsp3) is 0.652. The maximum absolute atomic E-state index is 12.7. The Balaban J connectivity index is 1.63. The molecule has 0 bridgehead atoms. The average molecular weight is 403 g/mol. The first kappa shape index (κ1) is 21.6. The fourth-order valence-electron chi connectivity index (χ4n) is 4.08. The number of likely N-dealkylation sites (tertiary alicyclic amines) is 1. The number of rotatable bonds is 4. The van der Waals surface area contributed by atoms with Crippen molar-refractivity contribution < 1.29 is 19.1 Å². The minimum absolute atomic E-state index is 0.0226. The van der Waals surface area contributed by atoms with Gasteiger partial charge in [0.2, 0.25) is 5.91 Å². The summed E-state index contributed by atoms with van der Waals surface area (Å²) in [6.07, 6.45) is 2.22. The molecule has 0 unspecified atom stereocenters. The van der Waals surface area contributed by atoms with Crippen LogP contribution in [0.5, 0.6) is 5.75 Å². The standard InChI is InChI=1S/C23H34N2O4/c1-23(2,3)14-21(26)25-11-12-29-20-6-5-17(13-19(20)16-25)15-24-9-7-18(8-10-24)22(27)28-4/h5-6,13,18H,7-12,14-16H2,1-4H3. The van der Waals surface area contributed by atoms with E-state index in [0.29, 0.717) is 26.1 Å². The quantitative estimate of drug-likeness (QED) is 0.724. The van der Waals surface area contributed by atoms with Crippen LogP contribution in [0.25, 0.3) is 0 Å². The van der Waals surface area contributed by atoms with Gasteiger partial charge >= 0.3 is 5.97 Å². The van der Waals surface area contributed by atoms with E-state index >= 15 is 0 Å². The Hall–Kier alpha value is -2.08. The molecule has 0 saturated carbocycles. The van der Waals surface area contributed by atoms with Crippen molar-refractivity contribution in [3.8, 4) is 5.75 Å². The third-order valence-corrected chi connectivity index (χ3v) is 5.67. The number of methoxy groups -OCH3 is 1. The molecule has 160 valence electrons. The first-order chi connectivity index (χ1) is 13.7. The normalized spacial score (nSPS) is 18.6. The molecule has 1 fully saturated rings. The van der Waals surface area contributed by atoms with Crippen molar-refractivity contribution in [3.05, 3.63) is 29.3 Å². The summed E-state index contributed by atoms with van der Waals surface area (Å²) < 4.78 is 10.8. The van der Waals surface area contributed by atoms with Crippen molar-refractivity contribution in [3.63, 3.8) is 0 Å². The summed E-state index contributed by atoms with van der Waals surface area (Å²) in [5, 5.41) is 0. The molecule has 0 aliphatic carbocycles. The lowest BCUT2D eigenvalue weighted by molar-refractivity contribution is -0.147. The lowest BCUT2D eigenvalue weighted by atomic mass is 9.91. The monoisotopic (exact) mass is 402 g/mol. The summed E-state index contributed by atoms with van der Waals surface area (Å²) >= 11 is 0. The largest absolute Gasteiger partial charge is 0.491 e. The molecule has 0 atom stereocenters. The second kappa shape index (κ2) is 9.16. The van der Waals surface area contributed by atoms with Gasteiger partial charge in [0.15, 0.2) is 0 Å². The Labute approximate surface area is 174 Å². The van der Waals surface area contributed by atoms with Crippen molar-refractivity contribution in [1.29, 1.82) is 0 Å². The van der Waals surface area contributed by atoms with Crippen molar-refractivity contribution in [2.75, 3.05) is 33.4 Å². The van der Waals surface area contributed by atoms with Crippen LogP contribution in [0, 0.1) is 11.3 Å². The highest BCUT2D eigenvalue weighted by Crippen LogP contribution is 2.28. The fourth-order valence-corrected chi connectivity index (χ4v) is 4.08. The molecule has 1 saturated heterocycles. The van der Waals surface area contributed by atoms with E-state index in [1.54, 1.807) is 0 Å². The summed E-state index contributed by atoms with van der Waals surface area (Å²) in [5.41, 5.74) is 2.27. The molecule has 2 aliphatic rings. The summed E-state index contributed by atoms with van der Waals surface area (Å²) in [5.74, 6) is 0.999. The van der Waals surface area contributed by atoms with Crippen LogP contribution in [-0.4, -0.2) is 55.0 Å². The third-order valence-electron chi connectivity index (χ3n) is 5.67. The molecule has 0 N–H and O–H groups in total. The van der Waals surface area contributed by atoms with Gasteiger partial charge in [-0.15, -0.1) is 0 Å². The molecule has 0 spiro atoms. The van der Waals surface area contributed by atoms with E-state index in [2.05, 4.69) is 37.8 Å². The Morgan fingerprint density at radius 2 is 1.90 bits per heavy atom. The number of nitrogens with zero attached hydrogens (tertiary/aromatic N) is 2. The van der Waals surface area contributed by atoms with Crippen LogP contribution in [0.15, 0.2) is 18.2 Å². The summed E-state index contributed by atoms with van der Waals surface area (Å²) in [6.45, 7) is 10.7. The van der Waals surface area contributed by atoms with Crippen molar-refractivity contribution in [2.24, 2.45) is 11.3 Å². The maximum Gasteiger partial charge on any atom is 0.308 e. The summed E-state index contributed by atoms with van der Waals surface area (Å²) in [7, 11) is 1.46. The number of benzene rings is 1. The lowest BCUT2D eigenvalue weighted by Gasteiger charge is -2.30. The van der Waals surface area contributed by atoms with E-state index in [0.717, 1.165) is 43.8 Å². The molecule has 6 nitrogen and oxygen atoms in total. The molecular formula is C23H34N2O4. The molecule has 29 heavy (non-hydrogen) atoms. The molecule has 2 heterocycles. The molecule has 0 radical (unpaired) electrons. The van der Waals surface area contributed by atoms with Crippen LogP contribution >= 0.6 is 0 Å². The maximum atomic E-state index is 12.7. The minimum Gasteiger partial charge on any atom is -0.491 e. The molecule has 2 aliphatic heterocycles. The number of esters is 1. The zero-order valence-electron chi connectivity index (χ0n) is 18.2. The van der Waals surface area contributed by atoms with Gasteiger partial charge in [-0.1, -0.05) is 26.8 Å². The topological polar surface area (TPSA) is 59.1 Å². The Kier molecular flexibility index (Phi) is 6.83. The van der Waals surface area contributed by atoms with Crippen LogP contribution in [-0.2, 0) is 27.4 Å². The Bertz CT molecular complexity index is 733. The number of piperidine rings is 1. The predicted molar refractivity (Wildman–Crippen MR) is 111 cm³/mol. The van der Waals surface area contributed by atoms with Gasteiger partial charge in [0, 0.05) is 25.1 Å². The average Bonchev–Trinajstić information content (AvgIpc) is 2.89. The molecule has 6 heteroatoms. The highest BCUT2D eigenvalue weighted by atomic mass is 16.5. The number of carbonyl (C=O) groups is 2. The van der Waals surface area contributed by atoms with Crippen LogP contribution in [0.1, 0.15) is 51.2 Å². The first-order valence-electron chi connectivity index (χ1n) is 10.6. The van der Waals surface area contributed by atoms with Crippen LogP contribution in [0.2, 0.25) is 0 Å². The van der Waals surface area contributed by atoms with Crippen LogP contribution in [0.4, 0.5) is 0 Å². The van der Waals surface area contributed by atoms with Gasteiger partial charge < -0.3 is 14.4 Å². The van der Waals surface area contributed by atoms with Crippen molar-refractivity contribution >= 4 is 11.9 Å². The van der Waals surface area contributed by atoms with E-state index in [4.69, 9.17) is 9.47 Å². The van der Waals surface area contributed by atoms with E-state index < -0.39 is 0 Å². The van der Waals surface area contributed by atoms with Crippen LogP contribution < -0.4 is 4.74 Å². The van der Waals surface area contributed by atoms with Gasteiger partial charge in [-0.05, 0) is 49.0 Å². The van der Waals surface area contributed by atoms with Gasteiger partial charge in [-0.25, -0.2) is 0 Å². The lowest BCUT2D eigenvalue weighted by Crippen LogP contribution is -2.36. The Morgan fingerprint density at radius 1 is 1.17 bits per heavy atom. The number of amides is 1. The smallest absolute Gasteiger partial charge is 0.308 e. The highest BCUT2D eigenvalue weighted by molar-refractivity contribution is 5.77. The molecule has 0 aromatic heterocycles. The van der Waals surface area contributed by atoms with Crippen molar-refractivity contribution in [2.45, 2.75) is 53.1 Å². The molecule has 1 amide bonds. The van der Waals surface area contributed by atoms with Gasteiger partial charge in [-0.2, -0.15) is 0 Å². The first-order valence-corrected chi connectivity index (χ1v) is 10.6. The molecule has 1 aromatic rings. The molecular weight excluding hydrogens is 368 g/mol. The number of ether oxygens (including phenoxy) is 2. The number of carbonyl (C=O) groups excluding carboxylic acids is 2. The SMILES string of the molecule is COC(=O)C1CCN(Cc2ccc3c(c2)CN(C(=O)CC(C)(C)C)CCO3)CC1. The van der Waals surface area contributed by atoms with E-state index in [9.17, 15) is 9.59 Å². The number of fused-ring (bicyclic) bond motifs is 1. The van der Waals surface area contributed by atoms with Gasteiger partial charge in [0.25, 0.3) is 0 Å². The summed E-state index contributed by atoms with van der Waals surface area (Å²) in [4.78, 5) is 28.7. The van der Waals surface area contributed by atoms with Crippen LogP contribution in [0.3, 0.4) is 0 Å². The van der Waals surface area contributed by atoms with E-state index in [1.807, 2.05) is 11.0 Å². The number of hydrogen-bond acceptors (Lipinski definition) is 5. The van der Waals surface area contributed by atoms with Crippen molar-refractivity contribution in [1.82, 2.24) is 9.80 Å². The highest BCUT2D eigenvalue weighted by Gasteiger charge is 2.27. The zero-order valence-corrected chi connectivity index (χ0v) is 18.2. The van der Waals surface area contributed by atoms with Gasteiger partial charge in [-0.3, -0.25) is 14.5 Å². The zero-order chi connectivity index (χ0) is 21.0. The molecule has 1 aromatic carbocycles. The van der Waals surface area contributed by atoms with E-state index in [1.165, 1.54) is 12.7 Å². The Morgan fingerprint density at radius 3 is 2.55 bits per heavy atom.